The Labute approximate surface area is 90.2 Å². The van der Waals surface area contributed by atoms with Crippen molar-refractivity contribution < 1.29 is 4.74 Å². The predicted octanol–water partition coefficient (Wildman–Crippen LogP) is 1.99. The second-order valence-corrected chi connectivity index (χ2v) is 4.26. The van der Waals surface area contributed by atoms with Gasteiger partial charge in [0.15, 0.2) is 0 Å². The highest BCUT2D eigenvalue weighted by Crippen LogP contribution is 2.29. The third kappa shape index (κ3) is 2.18. The summed E-state index contributed by atoms with van der Waals surface area (Å²) < 4.78 is 5.78. The minimum absolute atomic E-state index is 0.223. The topological polar surface area (TPSA) is 34.2 Å². The van der Waals surface area contributed by atoms with Crippen LogP contribution in [0.15, 0.2) is 18.2 Å². The van der Waals surface area contributed by atoms with Gasteiger partial charge in [-0.3, -0.25) is 0 Å². The van der Waals surface area contributed by atoms with Crippen molar-refractivity contribution in [2.45, 2.75) is 26.0 Å². The lowest BCUT2D eigenvalue weighted by atomic mass is 10.1. The van der Waals surface area contributed by atoms with E-state index in [1.165, 1.54) is 0 Å². The zero-order chi connectivity index (χ0) is 10.9. The van der Waals surface area contributed by atoms with Crippen LogP contribution in [-0.4, -0.2) is 17.6 Å². The summed E-state index contributed by atoms with van der Waals surface area (Å²) in [4.78, 5) is 4.49. The Morgan fingerprint density at radius 1 is 1.40 bits per heavy atom. The molecule has 0 radical (unpaired) electrons. The van der Waals surface area contributed by atoms with E-state index in [9.17, 15) is 0 Å². The summed E-state index contributed by atoms with van der Waals surface area (Å²) in [6, 6.07) is 3.98. The third-order valence-electron chi connectivity index (χ3n) is 2.32. The standard InChI is InChI=1S/C12H16N2O/c1-12(2)7-6-10-11(15-12)5-4-9(14-10)8-13-3/h4-7,13H,8H2,1-3H3. The summed E-state index contributed by atoms with van der Waals surface area (Å²) in [6.07, 6.45) is 4.06. The maximum Gasteiger partial charge on any atom is 0.146 e. The van der Waals surface area contributed by atoms with Crippen molar-refractivity contribution in [2.75, 3.05) is 7.05 Å². The molecule has 0 saturated heterocycles. The molecule has 15 heavy (non-hydrogen) atoms. The molecule has 0 bridgehead atoms. The minimum Gasteiger partial charge on any atom is -0.482 e. The Hall–Kier alpha value is -1.35. The molecule has 2 rings (SSSR count). The number of nitrogens with one attached hydrogen (secondary N) is 1. The molecule has 0 fully saturated rings. The van der Waals surface area contributed by atoms with Crippen LogP contribution in [0.2, 0.25) is 0 Å². The largest absolute Gasteiger partial charge is 0.482 e. The monoisotopic (exact) mass is 204 g/mol. The fraction of sp³-hybridized carbons (Fsp3) is 0.417. The summed E-state index contributed by atoms with van der Waals surface area (Å²) in [5.41, 5.74) is 1.73. The third-order valence-corrected chi connectivity index (χ3v) is 2.32. The van der Waals surface area contributed by atoms with E-state index in [0.717, 1.165) is 23.7 Å². The second kappa shape index (κ2) is 3.66. The molecule has 0 spiro atoms. The fourth-order valence-electron chi connectivity index (χ4n) is 1.59. The smallest absolute Gasteiger partial charge is 0.146 e. The molecule has 0 saturated carbocycles. The van der Waals surface area contributed by atoms with Gasteiger partial charge in [0.25, 0.3) is 0 Å². The average molecular weight is 204 g/mol. The SMILES string of the molecule is CNCc1ccc2c(n1)C=CC(C)(C)O2. The first-order valence-corrected chi connectivity index (χ1v) is 5.13. The first-order chi connectivity index (χ1) is 7.11. The quantitative estimate of drug-likeness (QED) is 0.800. The van der Waals surface area contributed by atoms with Crippen molar-refractivity contribution in [2.24, 2.45) is 0 Å². The number of nitrogens with zero attached hydrogens (tertiary/aromatic N) is 1. The summed E-state index contributed by atoms with van der Waals surface area (Å²) in [7, 11) is 1.91. The van der Waals surface area contributed by atoms with Gasteiger partial charge in [-0.05, 0) is 45.2 Å². The molecule has 3 heteroatoms. The number of hydrogen-bond donors (Lipinski definition) is 1. The molecule has 3 nitrogen and oxygen atoms in total. The Bertz CT molecular complexity index is 397. The lowest BCUT2D eigenvalue weighted by molar-refractivity contribution is 0.158. The van der Waals surface area contributed by atoms with Gasteiger partial charge in [-0.1, -0.05) is 0 Å². The van der Waals surface area contributed by atoms with Crippen LogP contribution in [-0.2, 0) is 6.54 Å². The van der Waals surface area contributed by atoms with Crippen molar-refractivity contribution in [3.63, 3.8) is 0 Å². The summed E-state index contributed by atoms with van der Waals surface area (Å²) >= 11 is 0. The van der Waals surface area contributed by atoms with Gasteiger partial charge in [0.2, 0.25) is 0 Å². The molecule has 2 heterocycles. The van der Waals surface area contributed by atoms with Gasteiger partial charge in [0.1, 0.15) is 17.0 Å². The number of fused-ring (bicyclic) bond motifs is 1. The summed E-state index contributed by atoms with van der Waals surface area (Å²) in [6.45, 7) is 4.85. The first-order valence-electron chi connectivity index (χ1n) is 5.13. The molecule has 0 unspecified atom stereocenters. The van der Waals surface area contributed by atoms with Gasteiger partial charge in [0.05, 0.1) is 5.69 Å². The molecule has 0 aromatic carbocycles. The highest BCUT2D eigenvalue weighted by atomic mass is 16.5. The van der Waals surface area contributed by atoms with Crippen LogP contribution in [0.25, 0.3) is 6.08 Å². The first kappa shape index (κ1) is 10.2. The van der Waals surface area contributed by atoms with Gasteiger partial charge >= 0.3 is 0 Å². The van der Waals surface area contributed by atoms with Gasteiger partial charge in [0, 0.05) is 6.54 Å². The van der Waals surface area contributed by atoms with Crippen LogP contribution in [0.4, 0.5) is 0 Å². The van der Waals surface area contributed by atoms with Crippen molar-refractivity contribution in [3.8, 4) is 5.75 Å². The van der Waals surface area contributed by atoms with Crippen LogP contribution in [0.3, 0.4) is 0 Å². The summed E-state index contributed by atoms with van der Waals surface area (Å²) in [5, 5.41) is 3.08. The van der Waals surface area contributed by atoms with E-state index >= 15 is 0 Å². The normalized spacial score (nSPS) is 17.0. The molecule has 0 amide bonds. The maximum atomic E-state index is 5.78. The Morgan fingerprint density at radius 2 is 2.20 bits per heavy atom. The molecular weight excluding hydrogens is 188 g/mol. The Kier molecular flexibility index (Phi) is 2.49. The van der Waals surface area contributed by atoms with Crippen LogP contribution >= 0.6 is 0 Å². The van der Waals surface area contributed by atoms with Gasteiger partial charge < -0.3 is 10.1 Å². The number of aromatic nitrogens is 1. The van der Waals surface area contributed by atoms with E-state index < -0.39 is 0 Å². The highest BCUT2D eigenvalue weighted by Gasteiger charge is 2.22. The van der Waals surface area contributed by atoms with Gasteiger partial charge in [-0.2, -0.15) is 0 Å². The van der Waals surface area contributed by atoms with E-state index in [2.05, 4.69) is 10.3 Å². The number of rotatable bonds is 2. The number of pyridine rings is 1. The van der Waals surface area contributed by atoms with E-state index in [1.807, 2.05) is 45.2 Å². The van der Waals surface area contributed by atoms with Crippen LogP contribution in [0, 0.1) is 0 Å². The minimum atomic E-state index is -0.223. The lowest BCUT2D eigenvalue weighted by Gasteiger charge is -2.27. The number of ether oxygens (including phenoxy) is 1. The van der Waals surface area contributed by atoms with E-state index in [0.29, 0.717) is 0 Å². The molecule has 1 aliphatic heterocycles. The summed E-state index contributed by atoms with van der Waals surface area (Å²) in [5.74, 6) is 0.863. The number of hydrogen-bond acceptors (Lipinski definition) is 3. The zero-order valence-corrected chi connectivity index (χ0v) is 9.37. The molecule has 0 aliphatic carbocycles. The molecular formula is C12H16N2O. The van der Waals surface area contributed by atoms with Crippen molar-refractivity contribution in [1.29, 1.82) is 0 Å². The van der Waals surface area contributed by atoms with Crippen LogP contribution in [0.1, 0.15) is 25.2 Å². The predicted molar refractivity (Wildman–Crippen MR) is 60.7 cm³/mol. The molecule has 0 atom stereocenters. The Morgan fingerprint density at radius 3 is 2.93 bits per heavy atom. The second-order valence-electron chi connectivity index (χ2n) is 4.26. The fourth-order valence-corrected chi connectivity index (χ4v) is 1.59. The van der Waals surface area contributed by atoms with E-state index in [-0.39, 0.29) is 5.60 Å². The van der Waals surface area contributed by atoms with Crippen LogP contribution in [0.5, 0.6) is 5.75 Å². The average Bonchev–Trinajstić information content (AvgIpc) is 2.18. The molecule has 1 aromatic heterocycles. The molecule has 1 N–H and O–H groups in total. The van der Waals surface area contributed by atoms with Gasteiger partial charge in [-0.25, -0.2) is 4.98 Å². The maximum absolute atomic E-state index is 5.78. The van der Waals surface area contributed by atoms with Crippen molar-refractivity contribution >= 4 is 6.08 Å². The van der Waals surface area contributed by atoms with Crippen LogP contribution < -0.4 is 10.1 Å². The lowest BCUT2D eigenvalue weighted by Crippen LogP contribution is -2.27. The zero-order valence-electron chi connectivity index (χ0n) is 9.37. The van der Waals surface area contributed by atoms with Crippen molar-refractivity contribution in [3.05, 3.63) is 29.6 Å². The van der Waals surface area contributed by atoms with Gasteiger partial charge in [-0.15, -0.1) is 0 Å². The van der Waals surface area contributed by atoms with E-state index in [1.54, 1.807) is 0 Å². The van der Waals surface area contributed by atoms with E-state index in [4.69, 9.17) is 4.74 Å². The Balaban J connectivity index is 2.32. The van der Waals surface area contributed by atoms with Crippen molar-refractivity contribution in [1.82, 2.24) is 10.3 Å². The molecule has 1 aliphatic rings. The highest BCUT2D eigenvalue weighted by molar-refractivity contribution is 5.57. The molecule has 1 aromatic rings. The molecule has 80 valence electrons.